The molecule has 1 saturated heterocycles. The first-order valence-electron chi connectivity index (χ1n) is 9.24. The van der Waals surface area contributed by atoms with E-state index in [1.165, 1.54) is 0 Å². The first-order valence-corrected chi connectivity index (χ1v) is 11.3. The summed E-state index contributed by atoms with van der Waals surface area (Å²) in [4.78, 5) is 12.4. The van der Waals surface area contributed by atoms with E-state index in [0.29, 0.717) is 28.6 Å². The molecule has 0 unspecified atom stereocenters. The fourth-order valence-corrected chi connectivity index (χ4v) is 4.99. The zero-order valence-electron chi connectivity index (χ0n) is 15.8. The van der Waals surface area contributed by atoms with Crippen LogP contribution in [0.4, 0.5) is 5.69 Å². The molecule has 1 aliphatic heterocycles. The highest BCUT2D eigenvalue weighted by molar-refractivity contribution is 8.00. The third-order valence-electron chi connectivity index (χ3n) is 5.01. The lowest BCUT2D eigenvalue weighted by molar-refractivity contribution is 0.102. The maximum atomic E-state index is 12.4. The Balaban J connectivity index is 1.53. The number of fused-ring (bicyclic) bond motifs is 1. The van der Waals surface area contributed by atoms with Crippen LogP contribution in [0.1, 0.15) is 23.2 Å². The average Bonchev–Trinajstić information content (AvgIpc) is 2.99. The van der Waals surface area contributed by atoms with Gasteiger partial charge in [0.25, 0.3) is 5.91 Å². The molecule has 1 fully saturated rings. The molecule has 6 nitrogen and oxygen atoms in total. The SMILES string of the molecule is C=S1(=O)CCC(Oc2nn(C)c3cc(NC(=O)c4ccccc4)ccc23)CC1. The van der Waals surface area contributed by atoms with Crippen LogP contribution in [-0.4, -0.2) is 43.4 Å². The molecule has 2 aromatic carbocycles. The second-order valence-electron chi connectivity index (χ2n) is 7.17. The molecule has 0 saturated carbocycles. The Hall–Kier alpha value is -2.80. The van der Waals surface area contributed by atoms with E-state index in [-0.39, 0.29) is 12.0 Å². The van der Waals surface area contributed by atoms with Gasteiger partial charge >= 0.3 is 0 Å². The number of hydrogen-bond acceptors (Lipinski definition) is 4. The van der Waals surface area contributed by atoms with Crippen molar-refractivity contribution in [2.45, 2.75) is 18.9 Å². The van der Waals surface area contributed by atoms with Gasteiger partial charge in [-0.05, 0) is 58.6 Å². The molecule has 7 heteroatoms. The van der Waals surface area contributed by atoms with Crippen LogP contribution in [0.25, 0.3) is 10.9 Å². The van der Waals surface area contributed by atoms with Gasteiger partial charge in [-0.25, -0.2) is 0 Å². The Labute approximate surface area is 164 Å². The Morgan fingerprint density at radius 2 is 1.93 bits per heavy atom. The van der Waals surface area contributed by atoms with Gasteiger partial charge < -0.3 is 10.1 Å². The van der Waals surface area contributed by atoms with Crippen LogP contribution in [-0.2, 0) is 16.6 Å². The Kier molecular flexibility index (Phi) is 4.85. The number of nitrogens with zero attached hydrogens (tertiary/aromatic N) is 2. The topological polar surface area (TPSA) is 73.2 Å². The number of ether oxygens (including phenoxy) is 1. The summed E-state index contributed by atoms with van der Waals surface area (Å²) in [6, 6.07) is 14.7. The van der Waals surface area contributed by atoms with Crippen molar-refractivity contribution in [1.29, 1.82) is 0 Å². The molecule has 1 aliphatic rings. The van der Waals surface area contributed by atoms with Gasteiger partial charge in [-0.3, -0.25) is 13.7 Å². The summed E-state index contributed by atoms with van der Waals surface area (Å²) in [5.74, 6) is 5.40. The molecule has 0 atom stereocenters. The molecule has 0 aliphatic carbocycles. The van der Waals surface area contributed by atoms with Gasteiger partial charge in [0, 0.05) is 29.8 Å². The molecule has 146 valence electrons. The molecular weight excluding hydrogens is 374 g/mol. The highest BCUT2D eigenvalue weighted by Gasteiger charge is 2.23. The van der Waals surface area contributed by atoms with E-state index < -0.39 is 9.52 Å². The van der Waals surface area contributed by atoms with Crippen molar-refractivity contribution < 1.29 is 13.7 Å². The van der Waals surface area contributed by atoms with Crippen LogP contribution in [0.5, 0.6) is 5.88 Å². The first-order chi connectivity index (χ1) is 13.4. The number of benzene rings is 2. The number of anilines is 1. The highest BCUT2D eigenvalue weighted by atomic mass is 32.2. The van der Waals surface area contributed by atoms with Crippen LogP contribution in [0.3, 0.4) is 0 Å². The molecule has 3 aromatic rings. The number of carbonyl (C=O) groups is 1. The van der Waals surface area contributed by atoms with Crippen molar-refractivity contribution in [2.24, 2.45) is 7.05 Å². The summed E-state index contributed by atoms with van der Waals surface area (Å²) >= 11 is 0. The lowest BCUT2D eigenvalue weighted by Gasteiger charge is -2.24. The van der Waals surface area contributed by atoms with E-state index >= 15 is 0 Å². The first kappa shape index (κ1) is 18.6. The number of nitrogens with one attached hydrogen (secondary N) is 1. The molecule has 0 radical (unpaired) electrons. The number of aryl methyl sites for hydroxylation is 1. The number of amides is 1. The van der Waals surface area contributed by atoms with Crippen molar-refractivity contribution >= 4 is 37.9 Å². The minimum atomic E-state index is -1.93. The fourth-order valence-electron chi connectivity index (χ4n) is 3.40. The number of aromatic nitrogens is 2. The average molecular weight is 398 g/mol. The van der Waals surface area contributed by atoms with Crippen molar-refractivity contribution in [3.8, 4) is 5.88 Å². The Bertz CT molecular complexity index is 1110. The van der Waals surface area contributed by atoms with E-state index in [2.05, 4.69) is 16.3 Å². The third kappa shape index (κ3) is 3.89. The summed E-state index contributed by atoms with van der Waals surface area (Å²) in [7, 11) is -0.0823. The largest absolute Gasteiger partial charge is 0.473 e. The lowest BCUT2D eigenvalue weighted by Crippen LogP contribution is -2.30. The highest BCUT2D eigenvalue weighted by Crippen LogP contribution is 2.29. The van der Waals surface area contributed by atoms with Crippen molar-refractivity contribution in [3.05, 3.63) is 54.1 Å². The van der Waals surface area contributed by atoms with Crippen molar-refractivity contribution in [2.75, 3.05) is 16.8 Å². The molecule has 4 rings (SSSR count). The van der Waals surface area contributed by atoms with E-state index in [1.807, 2.05) is 43.4 Å². The maximum Gasteiger partial charge on any atom is 0.255 e. The standard InChI is InChI=1S/C21H23N3O3S/c1-24-19-14-16(22-20(25)15-6-4-3-5-7-15)8-9-18(19)21(23-24)27-17-10-12-28(2,26)13-11-17/h3-9,14,17H,2,10-13H2,1H3,(H,22,25). The molecule has 1 amide bonds. The van der Waals surface area contributed by atoms with Crippen LogP contribution < -0.4 is 10.1 Å². The molecule has 0 bridgehead atoms. The fraction of sp³-hybridized carbons (Fsp3) is 0.286. The van der Waals surface area contributed by atoms with Crippen molar-refractivity contribution in [1.82, 2.24) is 9.78 Å². The molecule has 2 heterocycles. The van der Waals surface area contributed by atoms with E-state index in [0.717, 1.165) is 23.7 Å². The number of hydrogen-bond donors (Lipinski definition) is 1. The second-order valence-corrected chi connectivity index (χ2v) is 9.92. The van der Waals surface area contributed by atoms with Crippen LogP contribution in [0.15, 0.2) is 48.5 Å². The van der Waals surface area contributed by atoms with E-state index in [1.54, 1.807) is 16.8 Å². The van der Waals surface area contributed by atoms with Gasteiger partial charge in [-0.15, -0.1) is 5.10 Å². The third-order valence-corrected chi connectivity index (χ3v) is 6.97. The summed E-state index contributed by atoms with van der Waals surface area (Å²) in [6.45, 7) is 0. The van der Waals surface area contributed by atoms with Gasteiger partial charge in [-0.2, -0.15) is 0 Å². The Morgan fingerprint density at radius 3 is 2.64 bits per heavy atom. The number of carbonyl (C=O) groups excluding carboxylic acids is 1. The summed E-state index contributed by atoms with van der Waals surface area (Å²) < 4.78 is 19.9. The zero-order chi connectivity index (χ0) is 19.7. The van der Waals surface area contributed by atoms with Gasteiger partial charge in [0.2, 0.25) is 5.88 Å². The maximum absolute atomic E-state index is 12.4. The Morgan fingerprint density at radius 1 is 1.21 bits per heavy atom. The molecule has 28 heavy (non-hydrogen) atoms. The number of rotatable bonds is 4. The molecule has 1 aromatic heterocycles. The zero-order valence-corrected chi connectivity index (χ0v) is 16.6. The molecule has 0 spiro atoms. The van der Waals surface area contributed by atoms with Gasteiger partial charge in [0.15, 0.2) is 0 Å². The monoisotopic (exact) mass is 397 g/mol. The minimum Gasteiger partial charge on any atom is -0.473 e. The van der Waals surface area contributed by atoms with Gasteiger partial charge in [0.05, 0.1) is 10.9 Å². The van der Waals surface area contributed by atoms with Crippen LogP contribution >= 0.6 is 0 Å². The smallest absolute Gasteiger partial charge is 0.255 e. The molecule has 1 N–H and O–H groups in total. The minimum absolute atomic E-state index is 0.00637. The van der Waals surface area contributed by atoms with Gasteiger partial charge in [0.1, 0.15) is 6.10 Å². The summed E-state index contributed by atoms with van der Waals surface area (Å²) in [6.07, 6.45) is 1.46. The predicted octanol–water partition coefficient (Wildman–Crippen LogP) is 3.08. The van der Waals surface area contributed by atoms with Crippen LogP contribution in [0.2, 0.25) is 0 Å². The predicted molar refractivity (Wildman–Crippen MR) is 114 cm³/mol. The quantitative estimate of drug-likeness (QED) is 0.687. The second kappa shape index (κ2) is 7.31. The van der Waals surface area contributed by atoms with Gasteiger partial charge in [-0.1, -0.05) is 18.2 Å². The molecular formula is C21H23N3O3S. The summed E-state index contributed by atoms with van der Waals surface area (Å²) in [5, 5.41) is 8.30. The van der Waals surface area contributed by atoms with Crippen molar-refractivity contribution in [3.63, 3.8) is 0 Å². The summed E-state index contributed by atoms with van der Waals surface area (Å²) in [5.41, 5.74) is 2.18. The van der Waals surface area contributed by atoms with E-state index in [4.69, 9.17) is 4.74 Å². The normalized spacial score (nSPS) is 22.1. The lowest BCUT2D eigenvalue weighted by atomic mass is 10.2. The van der Waals surface area contributed by atoms with Crippen LogP contribution in [0, 0.1) is 0 Å². The van der Waals surface area contributed by atoms with E-state index in [9.17, 15) is 9.00 Å².